The lowest BCUT2D eigenvalue weighted by atomic mass is 10.1. The minimum atomic E-state index is -0.848. The lowest BCUT2D eigenvalue weighted by Crippen LogP contribution is -2.51. The van der Waals surface area contributed by atoms with Crippen LogP contribution >= 0.6 is 11.8 Å². The van der Waals surface area contributed by atoms with Gasteiger partial charge >= 0.3 is 5.97 Å². The number of benzene rings is 1. The molecule has 5 nitrogen and oxygen atoms in total. The van der Waals surface area contributed by atoms with E-state index in [0.29, 0.717) is 18.8 Å². The van der Waals surface area contributed by atoms with E-state index < -0.39 is 12.0 Å². The highest BCUT2D eigenvalue weighted by Crippen LogP contribution is 2.16. The van der Waals surface area contributed by atoms with E-state index in [-0.39, 0.29) is 12.5 Å². The van der Waals surface area contributed by atoms with Crippen LogP contribution in [0.4, 0.5) is 0 Å². The van der Waals surface area contributed by atoms with Crippen LogP contribution in [0.3, 0.4) is 0 Å². The second-order valence-electron chi connectivity index (χ2n) is 4.98. The van der Waals surface area contributed by atoms with Crippen LogP contribution in [0.15, 0.2) is 30.3 Å². The summed E-state index contributed by atoms with van der Waals surface area (Å²) in [5, 5.41) is 12.0. The molecule has 0 spiro atoms. The molecule has 1 atom stereocenters. The topological polar surface area (TPSA) is 69.6 Å². The van der Waals surface area contributed by atoms with E-state index in [1.807, 2.05) is 30.3 Å². The number of aliphatic carboxylic acids is 1. The Morgan fingerprint density at radius 3 is 2.81 bits per heavy atom. The number of rotatable bonds is 6. The van der Waals surface area contributed by atoms with E-state index in [4.69, 9.17) is 5.11 Å². The number of amides is 1. The van der Waals surface area contributed by atoms with Crippen molar-refractivity contribution in [2.75, 3.05) is 31.1 Å². The summed E-state index contributed by atoms with van der Waals surface area (Å²) in [7, 11) is 0. The number of carbonyl (C=O) groups excluding carboxylic acids is 1. The van der Waals surface area contributed by atoms with Gasteiger partial charge in [0.2, 0.25) is 5.91 Å². The number of hydrogen-bond acceptors (Lipinski definition) is 4. The van der Waals surface area contributed by atoms with Crippen molar-refractivity contribution >= 4 is 23.6 Å². The van der Waals surface area contributed by atoms with Crippen molar-refractivity contribution in [3.8, 4) is 0 Å². The van der Waals surface area contributed by atoms with Crippen LogP contribution in [-0.2, 0) is 16.0 Å². The molecule has 2 N–H and O–H groups in total. The maximum Gasteiger partial charge on any atom is 0.321 e. The number of thioether (sulfide) groups is 1. The molecule has 1 aliphatic heterocycles. The molecule has 2 rings (SSSR count). The number of nitrogens with one attached hydrogen (secondary N) is 1. The first-order valence-electron chi connectivity index (χ1n) is 7.02. The Morgan fingerprint density at radius 2 is 2.10 bits per heavy atom. The van der Waals surface area contributed by atoms with Gasteiger partial charge in [-0.3, -0.25) is 14.5 Å². The average molecular weight is 308 g/mol. The quantitative estimate of drug-likeness (QED) is 0.815. The Labute approximate surface area is 128 Å². The minimum Gasteiger partial charge on any atom is -0.480 e. The van der Waals surface area contributed by atoms with Crippen LogP contribution in [0, 0.1) is 0 Å². The van der Waals surface area contributed by atoms with Gasteiger partial charge in [0.15, 0.2) is 0 Å². The highest BCUT2D eigenvalue weighted by atomic mass is 32.2. The molecule has 0 saturated carbocycles. The maximum atomic E-state index is 11.9. The van der Waals surface area contributed by atoms with Gasteiger partial charge in [-0.05, 0) is 12.0 Å². The average Bonchev–Trinajstić information content (AvgIpc) is 2.48. The number of carboxylic acid groups (broad SMARTS) is 1. The lowest BCUT2D eigenvalue weighted by molar-refractivity contribution is -0.143. The number of nitrogens with zero attached hydrogens (tertiary/aromatic N) is 1. The summed E-state index contributed by atoms with van der Waals surface area (Å²) < 4.78 is 0. The first-order valence-corrected chi connectivity index (χ1v) is 8.17. The van der Waals surface area contributed by atoms with Gasteiger partial charge in [-0.25, -0.2) is 0 Å². The standard InChI is InChI=1S/C15H20N2O3S/c18-14(16-7-6-12-4-2-1-3-5-12)10-17-8-9-21-11-13(17)15(19)20/h1-5,13H,6-11H2,(H,16,18)(H,19,20). The van der Waals surface area contributed by atoms with Crippen molar-refractivity contribution < 1.29 is 14.7 Å². The molecule has 6 heteroatoms. The Hall–Kier alpha value is -1.53. The van der Waals surface area contributed by atoms with Gasteiger partial charge in [0.1, 0.15) is 6.04 Å². The van der Waals surface area contributed by atoms with Gasteiger partial charge in [-0.1, -0.05) is 30.3 Å². The van der Waals surface area contributed by atoms with Crippen molar-refractivity contribution in [1.29, 1.82) is 0 Å². The lowest BCUT2D eigenvalue weighted by Gasteiger charge is -2.31. The fraction of sp³-hybridized carbons (Fsp3) is 0.467. The molecule has 1 saturated heterocycles. The molecular weight excluding hydrogens is 288 g/mol. The normalized spacial score (nSPS) is 19.1. The zero-order chi connectivity index (χ0) is 15.1. The number of hydrogen-bond donors (Lipinski definition) is 2. The van der Waals surface area contributed by atoms with Crippen LogP contribution < -0.4 is 5.32 Å². The minimum absolute atomic E-state index is 0.107. The summed E-state index contributed by atoms with van der Waals surface area (Å²) in [6.45, 7) is 1.38. The Bertz CT molecular complexity index is 481. The molecule has 1 aliphatic rings. The van der Waals surface area contributed by atoms with Crippen molar-refractivity contribution in [1.82, 2.24) is 10.2 Å². The summed E-state index contributed by atoms with van der Waals surface area (Å²) in [5.41, 5.74) is 1.18. The number of carbonyl (C=O) groups is 2. The first-order chi connectivity index (χ1) is 10.2. The van der Waals surface area contributed by atoms with Gasteiger partial charge in [-0.2, -0.15) is 11.8 Å². The summed E-state index contributed by atoms with van der Waals surface area (Å²) in [4.78, 5) is 24.8. The Kier molecular flexibility index (Phi) is 6.07. The molecule has 0 radical (unpaired) electrons. The van der Waals surface area contributed by atoms with Gasteiger partial charge in [0.25, 0.3) is 0 Å². The molecule has 21 heavy (non-hydrogen) atoms. The zero-order valence-electron chi connectivity index (χ0n) is 11.8. The van der Waals surface area contributed by atoms with E-state index in [0.717, 1.165) is 12.2 Å². The van der Waals surface area contributed by atoms with E-state index >= 15 is 0 Å². The van der Waals surface area contributed by atoms with Crippen LogP contribution in [0.2, 0.25) is 0 Å². The molecule has 1 aromatic rings. The van der Waals surface area contributed by atoms with E-state index in [2.05, 4.69) is 5.32 Å². The molecule has 1 heterocycles. The van der Waals surface area contributed by atoms with Crippen molar-refractivity contribution in [2.24, 2.45) is 0 Å². The molecule has 1 fully saturated rings. The second kappa shape index (κ2) is 8.05. The molecule has 1 unspecified atom stereocenters. The molecule has 1 aromatic carbocycles. The van der Waals surface area contributed by atoms with E-state index in [9.17, 15) is 9.59 Å². The molecule has 0 aliphatic carbocycles. The van der Waals surface area contributed by atoms with Gasteiger partial charge in [0.05, 0.1) is 6.54 Å². The molecule has 1 amide bonds. The van der Waals surface area contributed by atoms with Gasteiger partial charge in [0, 0.05) is 24.6 Å². The third kappa shape index (κ3) is 5.06. The summed E-state index contributed by atoms with van der Waals surface area (Å²) >= 11 is 1.62. The third-order valence-corrected chi connectivity index (χ3v) is 4.47. The molecule has 0 bridgehead atoms. The van der Waals surface area contributed by atoms with Crippen molar-refractivity contribution in [2.45, 2.75) is 12.5 Å². The smallest absolute Gasteiger partial charge is 0.321 e. The Morgan fingerprint density at radius 1 is 1.33 bits per heavy atom. The number of carboxylic acids is 1. The van der Waals surface area contributed by atoms with Gasteiger partial charge < -0.3 is 10.4 Å². The molecule has 0 aromatic heterocycles. The summed E-state index contributed by atoms with van der Waals surface area (Å²) in [6.07, 6.45) is 0.783. The fourth-order valence-corrected chi connectivity index (χ4v) is 3.39. The van der Waals surface area contributed by atoms with Crippen LogP contribution in [0.25, 0.3) is 0 Å². The summed E-state index contributed by atoms with van der Waals surface area (Å²) in [6, 6.07) is 9.40. The predicted octanol–water partition coefficient (Wildman–Crippen LogP) is 0.847. The van der Waals surface area contributed by atoms with Crippen LogP contribution in [0.1, 0.15) is 5.56 Å². The molecule has 114 valence electrons. The van der Waals surface area contributed by atoms with E-state index in [1.165, 1.54) is 5.56 Å². The van der Waals surface area contributed by atoms with Crippen molar-refractivity contribution in [3.05, 3.63) is 35.9 Å². The monoisotopic (exact) mass is 308 g/mol. The first kappa shape index (κ1) is 15.9. The summed E-state index contributed by atoms with van der Waals surface area (Å²) in [5.74, 6) is 0.469. The van der Waals surface area contributed by atoms with Crippen molar-refractivity contribution in [3.63, 3.8) is 0 Å². The molecular formula is C15H20N2O3S. The third-order valence-electron chi connectivity index (χ3n) is 3.45. The zero-order valence-corrected chi connectivity index (χ0v) is 12.6. The fourth-order valence-electron chi connectivity index (χ4n) is 2.29. The van der Waals surface area contributed by atoms with Gasteiger partial charge in [-0.15, -0.1) is 0 Å². The highest BCUT2D eigenvalue weighted by Gasteiger charge is 2.29. The maximum absolute atomic E-state index is 11.9. The predicted molar refractivity (Wildman–Crippen MR) is 83.5 cm³/mol. The van der Waals surface area contributed by atoms with E-state index in [1.54, 1.807) is 16.7 Å². The second-order valence-corrected chi connectivity index (χ2v) is 6.13. The van der Waals surface area contributed by atoms with Crippen LogP contribution in [0.5, 0.6) is 0 Å². The highest BCUT2D eigenvalue weighted by molar-refractivity contribution is 7.99. The Balaban J connectivity index is 1.74. The van der Waals surface area contributed by atoms with Crippen LogP contribution in [-0.4, -0.2) is 59.1 Å². The SMILES string of the molecule is O=C(CN1CCSCC1C(=O)O)NCCc1ccccc1. The largest absolute Gasteiger partial charge is 0.480 e.